The van der Waals surface area contributed by atoms with Gasteiger partial charge < -0.3 is 10.6 Å². The fraction of sp³-hybridized carbons (Fsp3) is 0.600. The number of aromatic nitrogens is 2. The van der Waals surface area contributed by atoms with Crippen molar-refractivity contribution in [2.75, 3.05) is 17.2 Å². The Hall–Kier alpha value is -1.03. The molecule has 1 aliphatic heterocycles. The average Bonchev–Trinajstić information content (AvgIpc) is 2.69. The summed E-state index contributed by atoms with van der Waals surface area (Å²) in [6, 6.07) is 0.540. The molecule has 15 heavy (non-hydrogen) atoms. The molecule has 0 amide bonds. The van der Waals surface area contributed by atoms with Crippen molar-refractivity contribution in [3.05, 3.63) is 11.5 Å². The van der Waals surface area contributed by atoms with Crippen molar-refractivity contribution in [2.45, 2.75) is 32.2 Å². The van der Waals surface area contributed by atoms with Crippen LogP contribution in [0.4, 0.5) is 11.5 Å². The number of nitrogens with zero attached hydrogens (tertiary/aromatic N) is 3. The molecule has 4 nitrogen and oxygen atoms in total. The molecule has 1 unspecified atom stereocenters. The Morgan fingerprint density at radius 2 is 2.47 bits per heavy atom. The van der Waals surface area contributed by atoms with Gasteiger partial charge in [0.1, 0.15) is 0 Å². The highest BCUT2D eigenvalue weighted by Crippen LogP contribution is 2.29. The normalized spacial score (nSPS) is 20.9. The van der Waals surface area contributed by atoms with E-state index in [0.717, 1.165) is 18.8 Å². The molecule has 1 saturated heterocycles. The van der Waals surface area contributed by atoms with E-state index < -0.39 is 0 Å². The Labute approximate surface area is 94.5 Å². The molecule has 1 aromatic heterocycles. The molecule has 0 radical (unpaired) electrons. The van der Waals surface area contributed by atoms with Gasteiger partial charge in [0.2, 0.25) is 5.28 Å². The molecule has 2 N–H and O–H groups in total. The van der Waals surface area contributed by atoms with Crippen molar-refractivity contribution >= 4 is 23.1 Å². The molecule has 0 aliphatic carbocycles. The van der Waals surface area contributed by atoms with Crippen LogP contribution in [0.5, 0.6) is 0 Å². The molecule has 2 heterocycles. The second kappa shape index (κ2) is 4.23. The highest BCUT2D eigenvalue weighted by molar-refractivity contribution is 6.28. The Morgan fingerprint density at radius 3 is 3.20 bits per heavy atom. The molecule has 0 spiro atoms. The second-order valence-electron chi connectivity index (χ2n) is 3.82. The van der Waals surface area contributed by atoms with Gasteiger partial charge in [0.05, 0.1) is 11.9 Å². The minimum absolute atomic E-state index is 0.265. The summed E-state index contributed by atoms with van der Waals surface area (Å²) < 4.78 is 0. The van der Waals surface area contributed by atoms with Gasteiger partial charge in [-0.15, -0.1) is 0 Å². The summed E-state index contributed by atoms with van der Waals surface area (Å²) in [5.41, 5.74) is 6.47. The molecule has 2 rings (SSSR count). The van der Waals surface area contributed by atoms with E-state index in [2.05, 4.69) is 21.8 Å². The van der Waals surface area contributed by atoms with E-state index in [4.69, 9.17) is 17.3 Å². The minimum Gasteiger partial charge on any atom is -0.394 e. The van der Waals surface area contributed by atoms with Crippen molar-refractivity contribution in [1.82, 2.24) is 9.97 Å². The highest BCUT2D eigenvalue weighted by atomic mass is 35.5. The molecule has 5 heteroatoms. The number of nitrogen functional groups attached to an aromatic ring is 1. The molecule has 82 valence electrons. The number of rotatable bonds is 2. The molecule has 0 saturated carbocycles. The Bertz CT molecular complexity index is 355. The average molecular weight is 227 g/mol. The van der Waals surface area contributed by atoms with Crippen LogP contribution < -0.4 is 10.6 Å². The van der Waals surface area contributed by atoms with Crippen molar-refractivity contribution < 1.29 is 0 Å². The van der Waals surface area contributed by atoms with Gasteiger partial charge in [0.25, 0.3) is 0 Å². The van der Waals surface area contributed by atoms with Crippen LogP contribution in [0.1, 0.15) is 26.2 Å². The summed E-state index contributed by atoms with van der Waals surface area (Å²) in [4.78, 5) is 10.3. The van der Waals surface area contributed by atoms with Crippen LogP contribution in [-0.4, -0.2) is 22.6 Å². The maximum atomic E-state index is 5.86. The number of nitrogens with two attached hydrogens (primary N) is 1. The van der Waals surface area contributed by atoms with Crippen LogP contribution in [0.15, 0.2) is 6.20 Å². The van der Waals surface area contributed by atoms with Crippen molar-refractivity contribution in [2.24, 2.45) is 0 Å². The summed E-state index contributed by atoms with van der Waals surface area (Å²) in [5.74, 6) is 0.791. The van der Waals surface area contributed by atoms with Crippen LogP contribution in [-0.2, 0) is 0 Å². The maximum absolute atomic E-state index is 5.86. The van der Waals surface area contributed by atoms with Gasteiger partial charge in [-0.3, -0.25) is 0 Å². The summed E-state index contributed by atoms with van der Waals surface area (Å²) in [7, 11) is 0. The minimum atomic E-state index is 0.265. The Balaban J connectivity index is 2.31. The SMILES string of the molecule is CCC1CCCN1c1nc(Cl)ncc1N. The van der Waals surface area contributed by atoms with E-state index in [1.54, 1.807) is 6.20 Å². The van der Waals surface area contributed by atoms with Gasteiger partial charge in [-0.2, -0.15) is 4.98 Å². The van der Waals surface area contributed by atoms with Crippen molar-refractivity contribution in [1.29, 1.82) is 0 Å². The van der Waals surface area contributed by atoms with Crippen LogP contribution in [0.3, 0.4) is 0 Å². The molecular weight excluding hydrogens is 212 g/mol. The van der Waals surface area contributed by atoms with Crippen molar-refractivity contribution in [3.8, 4) is 0 Å². The van der Waals surface area contributed by atoms with E-state index in [-0.39, 0.29) is 5.28 Å². The lowest BCUT2D eigenvalue weighted by molar-refractivity contribution is 0.640. The van der Waals surface area contributed by atoms with Crippen LogP contribution >= 0.6 is 11.6 Å². The predicted octanol–water partition coefficient (Wildman–Crippen LogP) is 2.09. The molecule has 0 aromatic carbocycles. The van der Waals surface area contributed by atoms with Gasteiger partial charge in [-0.05, 0) is 30.9 Å². The molecular formula is C10H15ClN4. The predicted molar refractivity (Wildman–Crippen MR) is 62.1 cm³/mol. The molecule has 1 atom stereocenters. The number of anilines is 2. The topological polar surface area (TPSA) is 55.0 Å². The lowest BCUT2D eigenvalue weighted by atomic mass is 10.2. The first-order chi connectivity index (χ1) is 7.22. The van der Waals surface area contributed by atoms with Gasteiger partial charge in [0, 0.05) is 12.6 Å². The molecule has 0 bridgehead atoms. The zero-order valence-corrected chi connectivity index (χ0v) is 9.54. The number of hydrogen-bond acceptors (Lipinski definition) is 4. The fourth-order valence-corrected chi connectivity index (χ4v) is 2.26. The standard InChI is InChI=1S/C10H15ClN4/c1-2-7-4-3-5-15(7)9-8(12)6-13-10(11)14-9/h6-7H,2-5,12H2,1H3. The van der Waals surface area contributed by atoms with E-state index in [0.29, 0.717) is 11.7 Å². The highest BCUT2D eigenvalue weighted by Gasteiger charge is 2.25. The zero-order chi connectivity index (χ0) is 10.8. The van der Waals surface area contributed by atoms with E-state index in [1.165, 1.54) is 12.8 Å². The van der Waals surface area contributed by atoms with Crippen LogP contribution in [0, 0.1) is 0 Å². The van der Waals surface area contributed by atoms with Gasteiger partial charge in [0.15, 0.2) is 5.82 Å². The summed E-state index contributed by atoms with van der Waals surface area (Å²) >= 11 is 5.78. The summed E-state index contributed by atoms with van der Waals surface area (Å²) in [6.45, 7) is 3.19. The quantitative estimate of drug-likeness (QED) is 0.785. The third-order valence-electron chi connectivity index (χ3n) is 2.89. The summed E-state index contributed by atoms with van der Waals surface area (Å²) in [5, 5.41) is 0.265. The summed E-state index contributed by atoms with van der Waals surface area (Å²) in [6.07, 6.45) is 5.09. The largest absolute Gasteiger partial charge is 0.394 e. The molecule has 1 aliphatic rings. The first kappa shape index (κ1) is 10.5. The first-order valence-electron chi connectivity index (χ1n) is 5.27. The molecule has 1 fully saturated rings. The fourth-order valence-electron chi connectivity index (χ4n) is 2.13. The zero-order valence-electron chi connectivity index (χ0n) is 8.78. The van der Waals surface area contributed by atoms with Crippen molar-refractivity contribution in [3.63, 3.8) is 0 Å². The molecule has 1 aromatic rings. The van der Waals surface area contributed by atoms with Gasteiger partial charge in [-0.25, -0.2) is 4.98 Å². The van der Waals surface area contributed by atoms with E-state index in [1.807, 2.05) is 0 Å². The van der Waals surface area contributed by atoms with Crippen LogP contribution in [0.25, 0.3) is 0 Å². The number of halogens is 1. The second-order valence-corrected chi connectivity index (χ2v) is 4.15. The van der Waals surface area contributed by atoms with Gasteiger partial charge >= 0.3 is 0 Å². The monoisotopic (exact) mass is 226 g/mol. The third-order valence-corrected chi connectivity index (χ3v) is 3.07. The number of hydrogen-bond donors (Lipinski definition) is 1. The van der Waals surface area contributed by atoms with E-state index >= 15 is 0 Å². The van der Waals surface area contributed by atoms with E-state index in [9.17, 15) is 0 Å². The lowest BCUT2D eigenvalue weighted by Crippen LogP contribution is -2.30. The van der Waals surface area contributed by atoms with Gasteiger partial charge in [-0.1, -0.05) is 6.92 Å². The van der Waals surface area contributed by atoms with Crippen LogP contribution in [0.2, 0.25) is 5.28 Å². The third kappa shape index (κ3) is 2.00. The Kier molecular flexibility index (Phi) is 2.95. The maximum Gasteiger partial charge on any atom is 0.224 e. The smallest absolute Gasteiger partial charge is 0.224 e. The Morgan fingerprint density at radius 1 is 1.67 bits per heavy atom. The first-order valence-corrected chi connectivity index (χ1v) is 5.64. The lowest BCUT2D eigenvalue weighted by Gasteiger charge is -2.25.